The number of aliphatic hydroxyl groups is 1. The van der Waals surface area contributed by atoms with E-state index in [1.807, 2.05) is 20.8 Å². The van der Waals surface area contributed by atoms with Crippen molar-refractivity contribution in [1.82, 2.24) is 0 Å². The van der Waals surface area contributed by atoms with Crippen LogP contribution in [0.5, 0.6) is 0 Å². The zero-order valence-corrected chi connectivity index (χ0v) is 9.21. The molecule has 14 heavy (non-hydrogen) atoms. The lowest BCUT2D eigenvalue weighted by molar-refractivity contribution is -0.154. The predicted molar refractivity (Wildman–Crippen MR) is 51.6 cm³/mol. The third-order valence-corrected chi connectivity index (χ3v) is 1.67. The van der Waals surface area contributed by atoms with Crippen molar-refractivity contribution in [3.8, 4) is 0 Å². The van der Waals surface area contributed by atoms with Gasteiger partial charge in [0.1, 0.15) is 0 Å². The van der Waals surface area contributed by atoms with Crippen LogP contribution >= 0.6 is 0 Å². The summed E-state index contributed by atoms with van der Waals surface area (Å²) >= 11 is 0. The molecule has 0 aliphatic heterocycles. The Kier molecular flexibility index (Phi) is 5.05. The highest BCUT2D eigenvalue weighted by molar-refractivity contribution is 5.75. The average molecular weight is 206 g/mol. The zero-order chi connectivity index (χ0) is 11.4. The van der Waals surface area contributed by atoms with Gasteiger partial charge in [0, 0.05) is 0 Å². The van der Waals surface area contributed by atoms with Gasteiger partial charge >= 0.3 is 5.97 Å². The lowest BCUT2D eigenvalue weighted by Crippen LogP contribution is -2.34. The molecule has 0 bridgehead atoms. The molecule has 0 aliphatic rings. The molecule has 1 N–H and O–H groups in total. The fourth-order valence-corrected chi connectivity index (χ4v) is 1.11. The predicted octanol–water partition coefficient (Wildman–Crippen LogP) is 1.68. The van der Waals surface area contributed by atoms with E-state index in [9.17, 15) is 14.3 Å². The van der Waals surface area contributed by atoms with Gasteiger partial charge in [0.05, 0.1) is 12.7 Å². The van der Waals surface area contributed by atoms with Crippen LogP contribution in [-0.4, -0.2) is 30.0 Å². The van der Waals surface area contributed by atoms with E-state index in [1.54, 1.807) is 6.92 Å². The number of hydrogen-bond acceptors (Lipinski definition) is 3. The van der Waals surface area contributed by atoms with Crippen molar-refractivity contribution in [2.24, 2.45) is 5.41 Å². The Hall–Kier alpha value is -0.640. The van der Waals surface area contributed by atoms with E-state index < -0.39 is 18.2 Å². The maximum Gasteiger partial charge on any atom is 0.343 e. The molecule has 0 rings (SSSR count). The molecular weight excluding hydrogens is 187 g/mol. The van der Waals surface area contributed by atoms with Gasteiger partial charge in [-0.2, -0.15) is 0 Å². The Morgan fingerprint density at radius 3 is 2.36 bits per heavy atom. The maximum absolute atomic E-state index is 13.2. The van der Waals surface area contributed by atoms with E-state index in [0.29, 0.717) is 0 Å². The topological polar surface area (TPSA) is 46.5 Å². The van der Waals surface area contributed by atoms with Gasteiger partial charge in [0.2, 0.25) is 6.17 Å². The number of aliphatic hydroxyl groups excluding tert-OH is 1. The van der Waals surface area contributed by atoms with Crippen molar-refractivity contribution in [2.45, 2.75) is 46.4 Å². The summed E-state index contributed by atoms with van der Waals surface area (Å²) in [5.41, 5.74) is -0.212. The van der Waals surface area contributed by atoms with Crippen molar-refractivity contribution in [2.75, 3.05) is 6.61 Å². The SMILES string of the molecule is CCOC(=O)C(F)C(O)CC(C)(C)C. The standard InChI is InChI=1S/C10H19FO3/c1-5-14-9(13)8(11)7(12)6-10(2,3)4/h7-8,12H,5-6H2,1-4H3. The molecule has 3 nitrogen and oxygen atoms in total. The van der Waals surface area contributed by atoms with Crippen molar-refractivity contribution in [3.63, 3.8) is 0 Å². The van der Waals surface area contributed by atoms with E-state index in [4.69, 9.17) is 0 Å². The van der Waals surface area contributed by atoms with Crippen molar-refractivity contribution >= 4 is 5.97 Å². The first kappa shape index (κ1) is 13.4. The minimum absolute atomic E-state index is 0.126. The average Bonchev–Trinajstić information content (AvgIpc) is 2.00. The molecule has 0 aromatic carbocycles. The Morgan fingerprint density at radius 1 is 1.50 bits per heavy atom. The molecule has 0 heterocycles. The molecule has 4 heteroatoms. The number of ether oxygens (including phenoxy) is 1. The number of halogens is 1. The molecule has 2 atom stereocenters. The lowest BCUT2D eigenvalue weighted by atomic mass is 9.88. The third-order valence-electron chi connectivity index (χ3n) is 1.67. The summed E-state index contributed by atoms with van der Waals surface area (Å²) in [5.74, 6) is -0.982. The zero-order valence-electron chi connectivity index (χ0n) is 9.21. The summed E-state index contributed by atoms with van der Waals surface area (Å²) in [4.78, 5) is 10.9. The number of alkyl halides is 1. The first-order valence-corrected chi connectivity index (χ1v) is 4.76. The molecule has 0 spiro atoms. The van der Waals surface area contributed by atoms with E-state index in [-0.39, 0.29) is 18.4 Å². The Bertz CT molecular complexity index is 186. The van der Waals surface area contributed by atoms with Crippen LogP contribution in [0.2, 0.25) is 0 Å². The number of carbonyl (C=O) groups is 1. The highest BCUT2D eigenvalue weighted by atomic mass is 19.1. The van der Waals surface area contributed by atoms with Gasteiger partial charge in [-0.1, -0.05) is 20.8 Å². The second kappa shape index (κ2) is 5.29. The highest BCUT2D eigenvalue weighted by Crippen LogP contribution is 2.23. The van der Waals surface area contributed by atoms with Crippen LogP contribution in [0.25, 0.3) is 0 Å². The number of carbonyl (C=O) groups excluding carboxylic acids is 1. The van der Waals surface area contributed by atoms with Gasteiger partial charge in [0.15, 0.2) is 0 Å². The number of esters is 1. The summed E-state index contributed by atoms with van der Waals surface area (Å²) in [5, 5.41) is 9.37. The summed E-state index contributed by atoms with van der Waals surface area (Å²) in [7, 11) is 0. The van der Waals surface area contributed by atoms with Crippen LogP contribution < -0.4 is 0 Å². The van der Waals surface area contributed by atoms with Gasteiger partial charge in [-0.25, -0.2) is 9.18 Å². The molecule has 84 valence electrons. The van der Waals surface area contributed by atoms with Gasteiger partial charge < -0.3 is 9.84 Å². The van der Waals surface area contributed by atoms with Gasteiger partial charge in [-0.05, 0) is 18.8 Å². The van der Waals surface area contributed by atoms with Crippen molar-refractivity contribution in [3.05, 3.63) is 0 Å². The van der Waals surface area contributed by atoms with Crippen LogP contribution in [0.15, 0.2) is 0 Å². The lowest BCUT2D eigenvalue weighted by Gasteiger charge is -2.23. The number of rotatable bonds is 4. The minimum Gasteiger partial charge on any atom is -0.464 e. The molecule has 0 aliphatic carbocycles. The normalized spacial score (nSPS) is 16.1. The monoisotopic (exact) mass is 206 g/mol. The molecule has 0 aromatic heterocycles. The van der Waals surface area contributed by atoms with Crippen LogP contribution in [0.1, 0.15) is 34.1 Å². The first-order chi connectivity index (χ1) is 6.28. The second-order valence-corrected chi connectivity index (χ2v) is 4.49. The summed E-state index contributed by atoms with van der Waals surface area (Å²) in [6.07, 6.45) is -2.99. The molecule has 0 fully saturated rings. The van der Waals surface area contributed by atoms with E-state index >= 15 is 0 Å². The van der Waals surface area contributed by atoms with Crippen molar-refractivity contribution in [1.29, 1.82) is 0 Å². The highest BCUT2D eigenvalue weighted by Gasteiger charge is 2.30. The van der Waals surface area contributed by atoms with E-state index in [0.717, 1.165) is 0 Å². The molecule has 2 unspecified atom stereocenters. The fourth-order valence-electron chi connectivity index (χ4n) is 1.11. The third kappa shape index (κ3) is 5.17. The molecule has 0 amide bonds. The van der Waals surface area contributed by atoms with Crippen molar-refractivity contribution < 1.29 is 19.0 Å². The van der Waals surface area contributed by atoms with Crippen LogP contribution in [0.3, 0.4) is 0 Å². The Labute approximate surface area is 84.3 Å². The van der Waals surface area contributed by atoms with Gasteiger partial charge in [-0.3, -0.25) is 0 Å². The summed E-state index contributed by atoms with van der Waals surface area (Å²) in [6, 6.07) is 0. The summed E-state index contributed by atoms with van der Waals surface area (Å²) < 4.78 is 17.6. The number of hydrogen-bond donors (Lipinski definition) is 1. The Morgan fingerprint density at radius 2 is 2.00 bits per heavy atom. The first-order valence-electron chi connectivity index (χ1n) is 4.76. The van der Waals surface area contributed by atoms with E-state index in [1.165, 1.54) is 0 Å². The molecule has 0 saturated carbocycles. The maximum atomic E-state index is 13.2. The molecular formula is C10H19FO3. The van der Waals surface area contributed by atoms with Crippen LogP contribution in [-0.2, 0) is 9.53 Å². The van der Waals surface area contributed by atoms with Crippen LogP contribution in [0, 0.1) is 5.41 Å². The molecule has 0 aromatic rings. The van der Waals surface area contributed by atoms with Gasteiger partial charge in [0.25, 0.3) is 0 Å². The molecule has 0 radical (unpaired) electrons. The second-order valence-electron chi connectivity index (χ2n) is 4.49. The molecule has 0 saturated heterocycles. The van der Waals surface area contributed by atoms with Gasteiger partial charge in [-0.15, -0.1) is 0 Å². The van der Waals surface area contributed by atoms with E-state index in [2.05, 4.69) is 4.74 Å². The largest absolute Gasteiger partial charge is 0.464 e. The smallest absolute Gasteiger partial charge is 0.343 e. The minimum atomic E-state index is -1.94. The summed E-state index contributed by atoms with van der Waals surface area (Å²) in [6.45, 7) is 7.33. The fraction of sp³-hybridized carbons (Fsp3) is 0.900. The Balaban J connectivity index is 4.11. The van der Waals surface area contributed by atoms with Crippen LogP contribution in [0.4, 0.5) is 4.39 Å². The quantitative estimate of drug-likeness (QED) is 0.712.